The molecule has 0 aliphatic heterocycles. The molecule has 1 aromatic rings. The number of hydrogen-bond donors (Lipinski definition) is 1. The van der Waals surface area contributed by atoms with Crippen LogP contribution in [0, 0.1) is 6.92 Å². The number of hydrogen-bond acceptors (Lipinski definition) is 2. The molecule has 0 atom stereocenters. The lowest BCUT2D eigenvalue weighted by Crippen LogP contribution is -2.08. The van der Waals surface area contributed by atoms with E-state index in [9.17, 15) is 13.2 Å². The van der Waals surface area contributed by atoms with E-state index in [2.05, 4.69) is 4.74 Å². The van der Waals surface area contributed by atoms with Crippen molar-refractivity contribution in [2.75, 3.05) is 12.8 Å². The van der Waals surface area contributed by atoms with Crippen LogP contribution in [0.25, 0.3) is 0 Å². The van der Waals surface area contributed by atoms with Crippen molar-refractivity contribution in [2.24, 2.45) is 0 Å². The van der Waals surface area contributed by atoms with E-state index in [0.29, 0.717) is 5.56 Å². The van der Waals surface area contributed by atoms with Crippen LogP contribution >= 0.6 is 0 Å². The van der Waals surface area contributed by atoms with Gasteiger partial charge in [-0.15, -0.1) is 0 Å². The third kappa shape index (κ3) is 1.92. The van der Waals surface area contributed by atoms with Gasteiger partial charge in [0.25, 0.3) is 0 Å². The van der Waals surface area contributed by atoms with E-state index in [1.807, 2.05) is 0 Å². The molecular weight excluding hydrogens is 195 g/mol. The zero-order valence-electron chi connectivity index (χ0n) is 7.77. The van der Waals surface area contributed by atoms with Crippen molar-refractivity contribution < 1.29 is 17.9 Å². The Bertz CT molecular complexity index is 347. The maximum absolute atomic E-state index is 12.4. The molecule has 1 aromatic carbocycles. The molecule has 0 saturated heterocycles. The van der Waals surface area contributed by atoms with Crippen molar-refractivity contribution in [3.8, 4) is 5.75 Å². The summed E-state index contributed by atoms with van der Waals surface area (Å²) in [7, 11) is 1.18. The molecule has 0 unspecified atom stereocenters. The molecule has 0 saturated carbocycles. The smallest absolute Gasteiger partial charge is 0.419 e. The van der Waals surface area contributed by atoms with Gasteiger partial charge in [0.2, 0.25) is 0 Å². The van der Waals surface area contributed by atoms with Crippen LogP contribution in [0.4, 0.5) is 18.9 Å². The van der Waals surface area contributed by atoms with E-state index < -0.39 is 11.7 Å². The predicted molar refractivity (Wildman–Crippen MR) is 47.1 cm³/mol. The first-order chi connectivity index (χ1) is 6.36. The van der Waals surface area contributed by atoms with E-state index in [4.69, 9.17) is 5.73 Å². The van der Waals surface area contributed by atoms with Gasteiger partial charge in [0.15, 0.2) is 0 Å². The normalized spacial score (nSPS) is 11.5. The predicted octanol–water partition coefficient (Wildman–Crippen LogP) is 2.60. The molecule has 0 radical (unpaired) electrons. The first kappa shape index (κ1) is 10.7. The topological polar surface area (TPSA) is 35.2 Å². The summed E-state index contributed by atoms with van der Waals surface area (Å²) in [5, 5.41) is 0. The van der Waals surface area contributed by atoms with Gasteiger partial charge in [-0.3, -0.25) is 0 Å². The largest absolute Gasteiger partial charge is 0.496 e. The third-order valence-corrected chi connectivity index (χ3v) is 1.89. The SMILES string of the molecule is COc1cc(N)c(C)cc1C(F)(F)F. The summed E-state index contributed by atoms with van der Waals surface area (Å²) < 4.78 is 41.9. The minimum Gasteiger partial charge on any atom is -0.496 e. The standard InChI is InChI=1S/C9H10F3NO/c1-5-3-6(9(10,11)12)8(14-2)4-7(5)13/h3-4H,13H2,1-2H3. The molecule has 0 heterocycles. The molecule has 5 heteroatoms. The fourth-order valence-corrected chi connectivity index (χ4v) is 1.09. The minimum absolute atomic E-state index is 0.249. The monoisotopic (exact) mass is 205 g/mol. The number of rotatable bonds is 1. The first-order valence-corrected chi connectivity index (χ1v) is 3.87. The Kier molecular flexibility index (Phi) is 2.59. The molecule has 1 rings (SSSR count). The van der Waals surface area contributed by atoms with E-state index in [1.165, 1.54) is 20.1 Å². The van der Waals surface area contributed by atoms with Gasteiger partial charge < -0.3 is 10.5 Å². The second-order valence-electron chi connectivity index (χ2n) is 2.91. The third-order valence-electron chi connectivity index (χ3n) is 1.89. The number of anilines is 1. The average molecular weight is 205 g/mol. The van der Waals surface area contributed by atoms with Gasteiger partial charge in [0.1, 0.15) is 5.75 Å². The van der Waals surface area contributed by atoms with Gasteiger partial charge in [-0.2, -0.15) is 13.2 Å². The Morgan fingerprint density at radius 2 is 1.86 bits per heavy atom. The Balaban J connectivity index is 3.35. The fraction of sp³-hybridized carbons (Fsp3) is 0.333. The molecule has 78 valence electrons. The van der Waals surface area contributed by atoms with Crippen molar-refractivity contribution in [3.05, 3.63) is 23.3 Å². The number of ether oxygens (including phenoxy) is 1. The number of halogens is 3. The molecule has 0 spiro atoms. The number of methoxy groups -OCH3 is 1. The van der Waals surface area contributed by atoms with Crippen LogP contribution in [-0.2, 0) is 6.18 Å². The van der Waals surface area contributed by atoms with Crippen LogP contribution in [0.15, 0.2) is 12.1 Å². The van der Waals surface area contributed by atoms with Crippen molar-refractivity contribution in [2.45, 2.75) is 13.1 Å². The zero-order chi connectivity index (χ0) is 10.9. The first-order valence-electron chi connectivity index (χ1n) is 3.87. The molecule has 0 aliphatic carbocycles. The summed E-state index contributed by atoms with van der Waals surface area (Å²) in [5.41, 5.74) is 5.34. The van der Waals surface area contributed by atoms with Crippen LogP contribution in [0.1, 0.15) is 11.1 Å². The van der Waals surface area contributed by atoms with Gasteiger partial charge in [-0.05, 0) is 18.6 Å². The van der Waals surface area contributed by atoms with Gasteiger partial charge in [0.05, 0.1) is 12.7 Å². The van der Waals surface area contributed by atoms with Crippen LogP contribution < -0.4 is 10.5 Å². The highest BCUT2D eigenvalue weighted by molar-refractivity contribution is 5.55. The molecule has 2 nitrogen and oxygen atoms in total. The zero-order valence-corrected chi connectivity index (χ0v) is 7.77. The Morgan fingerprint density at radius 3 is 2.29 bits per heavy atom. The van der Waals surface area contributed by atoms with E-state index in [0.717, 1.165) is 6.07 Å². The fourth-order valence-electron chi connectivity index (χ4n) is 1.09. The minimum atomic E-state index is -4.41. The van der Waals surface area contributed by atoms with E-state index in [1.54, 1.807) is 0 Å². The number of nitrogen functional groups attached to an aromatic ring is 1. The molecule has 0 amide bonds. The lowest BCUT2D eigenvalue weighted by Gasteiger charge is -2.13. The quantitative estimate of drug-likeness (QED) is 0.715. The van der Waals surface area contributed by atoms with Crippen molar-refractivity contribution in [1.82, 2.24) is 0 Å². The summed E-state index contributed by atoms with van der Waals surface area (Å²) in [6, 6.07) is 2.16. The number of aryl methyl sites for hydroxylation is 1. The Morgan fingerprint density at radius 1 is 1.29 bits per heavy atom. The second-order valence-corrected chi connectivity index (χ2v) is 2.91. The maximum atomic E-state index is 12.4. The van der Waals surface area contributed by atoms with Gasteiger partial charge in [-0.25, -0.2) is 0 Å². The number of benzene rings is 1. The summed E-state index contributed by atoms with van der Waals surface area (Å²) in [4.78, 5) is 0. The molecule has 0 bridgehead atoms. The van der Waals surface area contributed by atoms with Crippen molar-refractivity contribution in [1.29, 1.82) is 0 Å². The molecule has 2 N–H and O–H groups in total. The number of nitrogens with two attached hydrogens (primary N) is 1. The van der Waals surface area contributed by atoms with Crippen LogP contribution in [0.2, 0.25) is 0 Å². The summed E-state index contributed by atoms with van der Waals surface area (Å²) >= 11 is 0. The highest BCUT2D eigenvalue weighted by Crippen LogP contribution is 2.38. The van der Waals surface area contributed by atoms with Gasteiger partial charge >= 0.3 is 6.18 Å². The lowest BCUT2D eigenvalue weighted by molar-refractivity contribution is -0.138. The summed E-state index contributed by atoms with van der Waals surface area (Å²) in [5.74, 6) is -0.249. The van der Waals surface area contributed by atoms with Crippen molar-refractivity contribution in [3.63, 3.8) is 0 Å². The van der Waals surface area contributed by atoms with Gasteiger partial charge in [-0.1, -0.05) is 0 Å². The summed E-state index contributed by atoms with van der Waals surface area (Å²) in [6.45, 7) is 1.52. The maximum Gasteiger partial charge on any atom is 0.419 e. The van der Waals surface area contributed by atoms with Crippen LogP contribution in [-0.4, -0.2) is 7.11 Å². The van der Waals surface area contributed by atoms with Crippen LogP contribution in [0.3, 0.4) is 0 Å². The highest BCUT2D eigenvalue weighted by Gasteiger charge is 2.34. The van der Waals surface area contributed by atoms with E-state index in [-0.39, 0.29) is 11.4 Å². The Labute approximate surface area is 79.5 Å². The van der Waals surface area contributed by atoms with Gasteiger partial charge in [0, 0.05) is 11.8 Å². The highest BCUT2D eigenvalue weighted by atomic mass is 19.4. The van der Waals surface area contributed by atoms with Crippen molar-refractivity contribution >= 4 is 5.69 Å². The lowest BCUT2D eigenvalue weighted by atomic mass is 10.1. The molecular formula is C9H10F3NO. The molecule has 0 aliphatic rings. The molecule has 0 aromatic heterocycles. The summed E-state index contributed by atoms with van der Waals surface area (Å²) in [6.07, 6.45) is -4.41. The Hall–Kier alpha value is -1.39. The average Bonchev–Trinajstić information content (AvgIpc) is 2.07. The molecule has 14 heavy (non-hydrogen) atoms. The molecule has 0 fully saturated rings. The van der Waals surface area contributed by atoms with Crippen LogP contribution in [0.5, 0.6) is 5.75 Å². The second kappa shape index (κ2) is 3.40. The number of alkyl halides is 3. The van der Waals surface area contributed by atoms with E-state index >= 15 is 0 Å².